The number of benzene rings is 1. The molecule has 152 valence electrons. The van der Waals surface area contributed by atoms with Crippen LogP contribution in [0.3, 0.4) is 0 Å². The van der Waals surface area contributed by atoms with Gasteiger partial charge in [-0.15, -0.1) is 0 Å². The lowest BCUT2D eigenvalue weighted by atomic mass is 10.2. The first-order valence-electron chi connectivity index (χ1n) is 8.34. The molecule has 0 unspecified atom stereocenters. The maximum absolute atomic E-state index is 13.0. The van der Waals surface area contributed by atoms with Gasteiger partial charge in [0.2, 0.25) is 0 Å². The van der Waals surface area contributed by atoms with Crippen molar-refractivity contribution in [3.8, 4) is 11.5 Å². The number of alkyl halides is 3. The maximum atomic E-state index is 13.0. The number of rotatable bonds is 7. The molecule has 0 aliphatic rings. The summed E-state index contributed by atoms with van der Waals surface area (Å²) in [5.74, 6) is 1.39. The van der Waals surface area contributed by atoms with E-state index in [-0.39, 0.29) is 12.4 Å². The summed E-state index contributed by atoms with van der Waals surface area (Å²) in [6.45, 7) is 0.535. The summed E-state index contributed by atoms with van der Waals surface area (Å²) in [6.07, 6.45) is -3.16. The van der Waals surface area contributed by atoms with E-state index in [2.05, 4.69) is 25.9 Å². The van der Waals surface area contributed by atoms with Gasteiger partial charge in [0, 0.05) is 38.1 Å². The molecule has 10 heteroatoms. The van der Waals surface area contributed by atoms with Crippen LogP contribution in [-0.2, 0) is 6.18 Å². The zero-order valence-corrected chi connectivity index (χ0v) is 15.7. The van der Waals surface area contributed by atoms with Crippen LogP contribution in [0.4, 0.5) is 24.7 Å². The van der Waals surface area contributed by atoms with Crippen molar-refractivity contribution in [2.45, 2.75) is 6.18 Å². The van der Waals surface area contributed by atoms with Crippen molar-refractivity contribution in [1.82, 2.24) is 10.3 Å². The second kappa shape index (κ2) is 9.67. The van der Waals surface area contributed by atoms with Crippen LogP contribution in [0.1, 0.15) is 5.56 Å². The third-order valence-corrected chi connectivity index (χ3v) is 3.69. The Morgan fingerprint density at radius 2 is 1.86 bits per heavy atom. The summed E-state index contributed by atoms with van der Waals surface area (Å²) in [5.41, 5.74) is -0.0920. The Bertz CT molecular complexity index is 812. The molecule has 0 atom stereocenters. The van der Waals surface area contributed by atoms with Crippen molar-refractivity contribution in [1.29, 1.82) is 0 Å². The highest BCUT2D eigenvalue weighted by atomic mass is 19.4. The predicted octanol–water partition coefficient (Wildman–Crippen LogP) is 3.22. The molecular weight excluding hydrogens is 375 g/mol. The van der Waals surface area contributed by atoms with Crippen LogP contribution in [0.5, 0.6) is 11.5 Å². The quantitative estimate of drug-likeness (QED) is 0.378. The number of ether oxygens (including phenoxy) is 2. The van der Waals surface area contributed by atoms with E-state index in [0.717, 1.165) is 6.07 Å². The van der Waals surface area contributed by atoms with Crippen LogP contribution >= 0.6 is 0 Å². The molecular formula is C18H22F3N5O2. The van der Waals surface area contributed by atoms with Crippen molar-refractivity contribution < 1.29 is 22.6 Å². The Balaban J connectivity index is 1.90. The van der Waals surface area contributed by atoms with Crippen LogP contribution in [-0.4, -0.2) is 45.3 Å². The number of guanidine groups is 1. The highest BCUT2D eigenvalue weighted by molar-refractivity contribution is 5.93. The molecule has 1 aromatic carbocycles. The van der Waals surface area contributed by atoms with E-state index >= 15 is 0 Å². The van der Waals surface area contributed by atoms with Crippen molar-refractivity contribution in [2.24, 2.45) is 4.99 Å². The van der Waals surface area contributed by atoms with Gasteiger partial charge in [0.1, 0.15) is 5.82 Å². The van der Waals surface area contributed by atoms with Gasteiger partial charge in [-0.2, -0.15) is 13.2 Å². The second-order valence-electron chi connectivity index (χ2n) is 5.52. The molecule has 0 aliphatic heterocycles. The SMILES string of the molecule is CN=C(NCCNc1ncccc1C(F)(F)F)Nc1ccc(OC)c(OC)c1. The van der Waals surface area contributed by atoms with Crippen molar-refractivity contribution in [2.75, 3.05) is 45.0 Å². The molecule has 2 aromatic rings. The first-order valence-corrected chi connectivity index (χ1v) is 8.34. The third kappa shape index (κ3) is 5.66. The first kappa shape index (κ1) is 21.1. The van der Waals surface area contributed by atoms with E-state index in [0.29, 0.717) is 29.7 Å². The summed E-state index contributed by atoms with van der Waals surface area (Å²) >= 11 is 0. The molecule has 0 amide bonds. The normalized spacial score (nSPS) is 11.7. The van der Waals surface area contributed by atoms with Crippen LogP contribution in [0, 0.1) is 0 Å². The van der Waals surface area contributed by atoms with Crippen molar-refractivity contribution in [3.05, 3.63) is 42.1 Å². The summed E-state index contributed by atoms with van der Waals surface area (Å²) < 4.78 is 49.3. The molecule has 1 aromatic heterocycles. The molecule has 28 heavy (non-hydrogen) atoms. The molecule has 0 saturated carbocycles. The fourth-order valence-electron chi connectivity index (χ4n) is 2.37. The van der Waals surface area contributed by atoms with Gasteiger partial charge in [-0.05, 0) is 24.3 Å². The number of hydrogen-bond donors (Lipinski definition) is 3. The molecule has 1 heterocycles. The molecule has 0 spiro atoms. The lowest BCUT2D eigenvalue weighted by molar-refractivity contribution is -0.137. The summed E-state index contributed by atoms with van der Waals surface area (Å²) in [6, 6.07) is 7.51. The smallest absolute Gasteiger partial charge is 0.419 e. The largest absolute Gasteiger partial charge is 0.493 e. The van der Waals surface area contributed by atoms with E-state index in [9.17, 15) is 13.2 Å². The number of aliphatic imine (C=N–C) groups is 1. The highest BCUT2D eigenvalue weighted by Gasteiger charge is 2.33. The lowest BCUT2D eigenvalue weighted by Gasteiger charge is -2.15. The molecule has 7 nitrogen and oxygen atoms in total. The van der Waals surface area contributed by atoms with E-state index in [4.69, 9.17) is 9.47 Å². The van der Waals surface area contributed by atoms with Gasteiger partial charge < -0.3 is 25.4 Å². The Kier molecular flexibility index (Phi) is 7.30. The van der Waals surface area contributed by atoms with Gasteiger partial charge in [0.15, 0.2) is 17.5 Å². The van der Waals surface area contributed by atoms with Gasteiger partial charge >= 0.3 is 6.18 Å². The summed E-state index contributed by atoms with van der Waals surface area (Å²) in [4.78, 5) is 7.84. The van der Waals surface area contributed by atoms with E-state index < -0.39 is 11.7 Å². The standard InChI is InChI=1S/C18H22F3N5O2/c1-22-17(26-12-6-7-14(27-2)15(11-12)28-3)25-10-9-24-16-13(18(19,20)21)5-4-8-23-16/h4-8,11H,9-10H2,1-3H3,(H,23,24)(H2,22,25,26). The fourth-order valence-corrected chi connectivity index (χ4v) is 2.37. The summed E-state index contributed by atoms with van der Waals surface area (Å²) in [5, 5.41) is 8.76. The maximum Gasteiger partial charge on any atom is 0.419 e. The Morgan fingerprint density at radius 3 is 2.50 bits per heavy atom. The molecule has 2 rings (SSSR count). The molecule has 0 saturated heterocycles. The summed E-state index contributed by atoms with van der Waals surface area (Å²) in [7, 11) is 4.67. The van der Waals surface area contributed by atoms with Gasteiger partial charge in [-0.25, -0.2) is 4.98 Å². The minimum Gasteiger partial charge on any atom is -0.493 e. The molecule has 0 fully saturated rings. The number of anilines is 2. The molecule has 0 aliphatic carbocycles. The molecule has 0 bridgehead atoms. The Labute approximate surface area is 161 Å². The van der Waals surface area contributed by atoms with E-state index in [1.54, 1.807) is 32.4 Å². The second-order valence-corrected chi connectivity index (χ2v) is 5.52. The predicted molar refractivity (Wildman–Crippen MR) is 102 cm³/mol. The average Bonchev–Trinajstić information content (AvgIpc) is 2.69. The molecule has 0 radical (unpaired) electrons. The first-order chi connectivity index (χ1) is 13.4. The van der Waals surface area contributed by atoms with Crippen molar-refractivity contribution in [3.63, 3.8) is 0 Å². The van der Waals surface area contributed by atoms with Crippen LogP contribution in [0.25, 0.3) is 0 Å². The zero-order valence-electron chi connectivity index (χ0n) is 15.7. The van der Waals surface area contributed by atoms with Crippen LogP contribution in [0.15, 0.2) is 41.5 Å². The number of halogens is 3. The number of pyridine rings is 1. The third-order valence-electron chi connectivity index (χ3n) is 3.69. The minimum absolute atomic E-state index is 0.209. The monoisotopic (exact) mass is 397 g/mol. The van der Waals surface area contributed by atoms with Gasteiger partial charge in [0.25, 0.3) is 0 Å². The van der Waals surface area contributed by atoms with Crippen LogP contribution < -0.4 is 25.4 Å². The van der Waals surface area contributed by atoms with Gasteiger partial charge in [0.05, 0.1) is 19.8 Å². The number of methoxy groups -OCH3 is 2. The fraction of sp³-hybridized carbons (Fsp3) is 0.333. The van der Waals surface area contributed by atoms with Gasteiger partial charge in [-0.1, -0.05) is 0 Å². The Morgan fingerprint density at radius 1 is 1.11 bits per heavy atom. The van der Waals surface area contributed by atoms with E-state index in [1.165, 1.54) is 19.4 Å². The number of nitrogens with zero attached hydrogens (tertiary/aromatic N) is 2. The topological polar surface area (TPSA) is 79.8 Å². The number of hydrogen-bond acceptors (Lipinski definition) is 5. The molecule has 3 N–H and O–H groups in total. The minimum atomic E-state index is -4.46. The van der Waals surface area contributed by atoms with E-state index in [1.807, 2.05) is 0 Å². The highest BCUT2D eigenvalue weighted by Crippen LogP contribution is 2.33. The van der Waals surface area contributed by atoms with Crippen molar-refractivity contribution >= 4 is 17.5 Å². The number of aromatic nitrogens is 1. The lowest BCUT2D eigenvalue weighted by Crippen LogP contribution is -2.34. The Hall–Kier alpha value is -3.17. The van der Waals surface area contributed by atoms with Crippen LogP contribution in [0.2, 0.25) is 0 Å². The zero-order chi connectivity index (χ0) is 20.6. The average molecular weight is 397 g/mol. The van der Waals surface area contributed by atoms with Gasteiger partial charge in [-0.3, -0.25) is 4.99 Å². The number of nitrogens with one attached hydrogen (secondary N) is 3.